The summed E-state index contributed by atoms with van der Waals surface area (Å²) in [5.74, 6) is 2.50. The average molecular weight is 355 g/mol. The summed E-state index contributed by atoms with van der Waals surface area (Å²) in [6.07, 6.45) is 3.45. The predicted molar refractivity (Wildman–Crippen MR) is 88.3 cm³/mol. The van der Waals surface area contributed by atoms with E-state index < -0.39 is 0 Å². The molecule has 1 aliphatic rings. The van der Waals surface area contributed by atoms with Crippen LogP contribution in [-0.2, 0) is 0 Å². The van der Waals surface area contributed by atoms with E-state index in [0.29, 0.717) is 4.58 Å². The van der Waals surface area contributed by atoms with E-state index >= 15 is 0 Å². The molecule has 0 unspecified atom stereocenters. The number of nitrogens with zero attached hydrogens (tertiary/aromatic N) is 2. The lowest BCUT2D eigenvalue weighted by Crippen LogP contribution is -2.03. The maximum absolute atomic E-state index is 4.79. The number of halogens is 1. The van der Waals surface area contributed by atoms with Gasteiger partial charge in [-0.15, -0.1) is 23.5 Å². The monoisotopic (exact) mass is 354 g/mol. The molecule has 1 saturated heterocycles. The number of rotatable bonds is 2. The maximum atomic E-state index is 4.79. The molecule has 2 nitrogen and oxygen atoms in total. The molecule has 100 valence electrons. The van der Waals surface area contributed by atoms with Crippen molar-refractivity contribution < 1.29 is 0 Å². The van der Waals surface area contributed by atoms with Gasteiger partial charge in [-0.3, -0.25) is 0 Å². The Hall–Kier alpha value is -0.390. The van der Waals surface area contributed by atoms with Crippen molar-refractivity contribution in [2.24, 2.45) is 0 Å². The molecule has 0 saturated carbocycles. The Labute approximate surface area is 130 Å². The highest BCUT2D eigenvalue weighted by Gasteiger charge is 2.21. The normalized spacial score (nSPS) is 16.7. The van der Waals surface area contributed by atoms with Crippen molar-refractivity contribution in [2.75, 3.05) is 11.5 Å². The Balaban J connectivity index is 1.90. The average Bonchev–Trinajstić information content (AvgIpc) is 2.83. The number of aryl methyl sites for hydroxylation is 1. The molecular weight excluding hydrogens is 340 g/mol. The van der Waals surface area contributed by atoms with E-state index in [1.165, 1.54) is 29.2 Å². The molecule has 0 spiro atoms. The van der Waals surface area contributed by atoms with Crippen LogP contribution in [0.5, 0.6) is 0 Å². The first-order chi connectivity index (χ1) is 9.24. The van der Waals surface area contributed by atoms with Crippen molar-refractivity contribution in [3.8, 4) is 5.69 Å². The zero-order valence-electron chi connectivity index (χ0n) is 10.7. The van der Waals surface area contributed by atoms with Gasteiger partial charge in [-0.2, -0.15) is 5.10 Å². The molecule has 1 fully saturated rings. The lowest BCUT2D eigenvalue weighted by atomic mass is 10.3. The van der Waals surface area contributed by atoms with Gasteiger partial charge >= 0.3 is 0 Å². The third kappa shape index (κ3) is 3.03. The van der Waals surface area contributed by atoms with Crippen molar-refractivity contribution in [1.82, 2.24) is 9.78 Å². The SMILES string of the molecule is Cc1cn(-c2ccc(Br)cc2)nc1C1SCCCS1. The van der Waals surface area contributed by atoms with Crippen LogP contribution in [0.4, 0.5) is 0 Å². The molecule has 3 rings (SSSR count). The molecule has 0 bridgehead atoms. The molecule has 0 radical (unpaired) electrons. The molecule has 0 amide bonds. The summed E-state index contributed by atoms with van der Waals surface area (Å²) in [5, 5.41) is 4.79. The van der Waals surface area contributed by atoms with Crippen LogP contribution in [0.2, 0.25) is 0 Å². The molecule has 19 heavy (non-hydrogen) atoms. The van der Waals surface area contributed by atoms with Gasteiger partial charge in [0.25, 0.3) is 0 Å². The van der Waals surface area contributed by atoms with E-state index in [2.05, 4.69) is 53.3 Å². The molecule has 1 aromatic heterocycles. The number of benzene rings is 1. The van der Waals surface area contributed by atoms with Gasteiger partial charge in [-0.1, -0.05) is 15.9 Å². The summed E-state index contributed by atoms with van der Waals surface area (Å²) in [6, 6.07) is 8.27. The second-order valence-corrected chi connectivity index (χ2v) is 8.19. The highest BCUT2D eigenvalue weighted by atomic mass is 79.9. The Morgan fingerprint density at radius 1 is 1.21 bits per heavy atom. The number of hydrogen-bond acceptors (Lipinski definition) is 3. The fourth-order valence-corrected chi connectivity index (χ4v) is 5.32. The smallest absolute Gasteiger partial charge is 0.0943 e. The molecule has 1 aromatic carbocycles. The van der Waals surface area contributed by atoms with Crippen molar-refractivity contribution in [1.29, 1.82) is 0 Å². The lowest BCUT2D eigenvalue weighted by Gasteiger charge is -2.19. The van der Waals surface area contributed by atoms with Crippen LogP contribution in [-0.4, -0.2) is 21.3 Å². The van der Waals surface area contributed by atoms with Crippen molar-refractivity contribution in [2.45, 2.75) is 17.9 Å². The van der Waals surface area contributed by atoms with Gasteiger partial charge in [0, 0.05) is 10.7 Å². The second kappa shape index (κ2) is 5.94. The molecule has 0 aliphatic carbocycles. The summed E-state index contributed by atoms with van der Waals surface area (Å²) in [7, 11) is 0. The minimum Gasteiger partial charge on any atom is -0.240 e. The predicted octanol–water partition coefficient (Wildman–Crippen LogP) is 4.81. The van der Waals surface area contributed by atoms with Gasteiger partial charge in [0.15, 0.2) is 0 Å². The first-order valence-electron chi connectivity index (χ1n) is 6.29. The molecule has 0 N–H and O–H groups in total. The zero-order valence-corrected chi connectivity index (χ0v) is 13.9. The van der Waals surface area contributed by atoms with E-state index in [0.717, 1.165) is 10.2 Å². The summed E-state index contributed by atoms with van der Waals surface area (Å²) in [6.45, 7) is 2.16. The fraction of sp³-hybridized carbons (Fsp3) is 0.357. The quantitative estimate of drug-likeness (QED) is 0.770. The van der Waals surface area contributed by atoms with E-state index in [4.69, 9.17) is 5.10 Å². The Bertz CT molecular complexity index is 559. The summed E-state index contributed by atoms with van der Waals surface area (Å²) in [4.78, 5) is 0. The van der Waals surface area contributed by atoms with Gasteiger partial charge in [-0.25, -0.2) is 4.68 Å². The largest absolute Gasteiger partial charge is 0.240 e. The molecule has 2 aromatic rings. The third-order valence-corrected chi connectivity index (χ3v) is 6.52. The number of thioether (sulfide) groups is 2. The van der Waals surface area contributed by atoms with Crippen LogP contribution in [0, 0.1) is 6.92 Å². The van der Waals surface area contributed by atoms with E-state index in [-0.39, 0.29) is 0 Å². The topological polar surface area (TPSA) is 17.8 Å². The first kappa shape index (κ1) is 13.6. The maximum Gasteiger partial charge on any atom is 0.0943 e. The van der Waals surface area contributed by atoms with Crippen LogP contribution in [0.25, 0.3) is 5.69 Å². The van der Waals surface area contributed by atoms with Gasteiger partial charge < -0.3 is 0 Å². The van der Waals surface area contributed by atoms with E-state index in [9.17, 15) is 0 Å². The zero-order chi connectivity index (χ0) is 13.2. The highest BCUT2D eigenvalue weighted by molar-refractivity contribution is 9.10. The Morgan fingerprint density at radius 3 is 2.58 bits per heavy atom. The van der Waals surface area contributed by atoms with Gasteiger partial charge in [0.05, 0.1) is 16.0 Å². The second-order valence-electron chi connectivity index (χ2n) is 4.55. The Kier molecular flexibility index (Phi) is 4.24. The fourth-order valence-electron chi connectivity index (χ4n) is 2.08. The molecule has 2 heterocycles. The number of aromatic nitrogens is 2. The van der Waals surface area contributed by atoms with E-state index in [1.54, 1.807) is 0 Å². The van der Waals surface area contributed by atoms with Crippen LogP contribution >= 0.6 is 39.5 Å². The lowest BCUT2D eigenvalue weighted by molar-refractivity contribution is 0.856. The third-order valence-electron chi connectivity index (χ3n) is 3.08. The molecule has 1 aliphatic heterocycles. The minimum atomic E-state index is 0.505. The van der Waals surface area contributed by atoms with Crippen molar-refractivity contribution in [3.05, 3.63) is 46.2 Å². The summed E-state index contributed by atoms with van der Waals surface area (Å²) >= 11 is 7.51. The molecule has 0 atom stereocenters. The number of hydrogen-bond donors (Lipinski definition) is 0. The van der Waals surface area contributed by atoms with Crippen molar-refractivity contribution >= 4 is 39.5 Å². The van der Waals surface area contributed by atoms with Crippen LogP contribution in [0.3, 0.4) is 0 Å². The highest BCUT2D eigenvalue weighted by Crippen LogP contribution is 2.44. The summed E-state index contributed by atoms with van der Waals surface area (Å²) in [5.41, 5.74) is 3.63. The van der Waals surface area contributed by atoms with Gasteiger partial charge in [0.2, 0.25) is 0 Å². The van der Waals surface area contributed by atoms with Crippen LogP contribution < -0.4 is 0 Å². The van der Waals surface area contributed by atoms with Gasteiger partial charge in [0.1, 0.15) is 0 Å². The summed E-state index contributed by atoms with van der Waals surface area (Å²) < 4.78 is 3.59. The first-order valence-corrected chi connectivity index (χ1v) is 9.18. The van der Waals surface area contributed by atoms with Gasteiger partial charge in [-0.05, 0) is 54.7 Å². The van der Waals surface area contributed by atoms with E-state index in [1.807, 2.05) is 28.2 Å². The minimum absolute atomic E-state index is 0.505. The van der Waals surface area contributed by atoms with Crippen LogP contribution in [0.15, 0.2) is 34.9 Å². The van der Waals surface area contributed by atoms with Crippen LogP contribution in [0.1, 0.15) is 22.3 Å². The Morgan fingerprint density at radius 2 is 1.89 bits per heavy atom. The molecule has 5 heteroatoms. The molecular formula is C14H15BrN2S2. The van der Waals surface area contributed by atoms with Crippen molar-refractivity contribution in [3.63, 3.8) is 0 Å². The standard InChI is InChI=1S/C14H15BrN2S2/c1-10-9-17(12-5-3-11(15)4-6-12)16-13(10)14-18-7-2-8-19-14/h3-6,9,14H,2,7-8H2,1H3.